The smallest absolute Gasteiger partial charge is 0.227 e. The minimum absolute atomic E-state index is 0.0464. The van der Waals surface area contributed by atoms with Gasteiger partial charge in [-0.2, -0.15) is 0 Å². The van der Waals surface area contributed by atoms with Crippen molar-refractivity contribution in [2.24, 2.45) is 5.92 Å². The Labute approximate surface area is 125 Å². The van der Waals surface area contributed by atoms with Gasteiger partial charge in [0.05, 0.1) is 0 Å². The van der Waals surface area contributed by atoms with E-state index < -0.39 is 0 Å². The number of rotatable bonds is 3. The second-order valence-corrected chi connectivity index (χ2v) is 5.78. The van der Waals surface area contributed by atoms with Gasteiger partial charge in [-0.25, -0.2) is 0 Å². The number of hydrogen-bond acceptors (Lipinski definition) is 3. The third kappa shape index (κ3) is 4.29. The summed E-state index contributed by atoms with van der Waals surface area (Å²) in [5.74, 6) is -0.0141. The van der Waals surface area contributed by atoms with Crippen LogP contribution in [0, 0.1) is 12.8 Å². The zero-order valence-corrected chi connectivity index (χ0v) is 12.8. The average molecular weight is 289 g/mol. The van der Waals surface area contributed by atoms with Crippen LogP contribution in [0.3, 0.4) is 0 Å². The lowest BCUT2D eigenvalue weighted by Crippen LogP contribution is -2.40. The topological polar surface area (TPSA) is 70.2 Å². The quantitative estimate of drug-likeness (QED) is 0.799. The van der Waals surface area contributed by atoms with Crippen LogP contribution < -0.4 is 16.0 Å². The molecule has 2 atom stereocenters. The summed E-state index contributed by atoms with van der Waals surface area (Å²) in [7, 11) is 0. The molecule has 0 spiro atoms. The summed E-state index contributed by atoms with van der Waals surface area (Å²) in [4.78, 5) is 23.5. The summed E-state index contributed by atoms with van der Waals surface area (Å²) in [6.45, 7) is 6.39. The fourth-order valence-corrected chi connectivity index (χ4v) is 2.64. The average Bonchev–Trinajstić information content (AvgIpc) is 2.42. The number of nitrogens with one attached hydrogen (secondary N) is 3. The Bertz CT molecular complexity index is 542. The molecule has 0 aromatic heterocycles. The highest BCUT2D eigenvalue weighted by Gasteiger charge is 2.24. The minimum Gasteiger partial charge on any atom is -0.326 e. The monoisotopic (exact) mass is 289 g/mol. The number of carbonyl (C=O) groups excluding carboxylic acids is 2. The first-order valence-electron chi connectivity index (χ1n) is 7.38. The predicted molar refractivity (Wildman–Crippen MR) is 84.3 cm³/mol. The number of hydrogen-bond donors (Lipinski definition) is 3. The van der Waals surface area contributed by atoms with Crippen LogP contribution >= 0.6 is 0 Å². The Morgan fingerprint density at radius 1 is 1.29 bits per heavy atom. The molecule has 1 aromatic rings. The maximum Gasteiger partial charge on any atom is 0.227 e. The third-order valence-corrected chi connectivity index (χ3v) is 3.81. The van der Waals surface area contributed by atoms with E-state index in [1.807, 2.05) is 19.1 Å². The first-order valence-corrected chi connectivity index (χ1v) is 7.38. The van der Waals surface area contributed by atoms with Crippen molar-refractivity contribution in [3.05, 3.63) is 23.8 Å². The van der Waals surface area contributed by atoms with Crippen molar-refractivity contribution in [3.63, 3.8) is 0 Å². The van der Waals surface area contributed by atoms with Gasteiger partial charge in [0.2, 0.25) is 11.8 Å². The zero-order valence-electron chi connectivity index (χ0n) is 12.8. The van der Waals surface area contributed by atoms with E-state index in [-0.39, 0.29) is 17.7 Å². The van der Waals surface area contributed by atoms with E-state index in [0.717, 1.165) is 30.6 Å². The van der Waals surface area contributed by atoms with Crippen LogP contribution in [0.5, 0.6) is 0 Å². The van der Waals surface area contributed by atoms with Gasteiger partial charge in [-0.15, -0.1) is 0 Å². The van der Waals surface area contributed by atoms with E-state index in [0.29, 0.717) is 11.7 Å². The van der Waals surface area contributed by atoms with Crippen molar-refractivity contribution in [2.75, 3.05) is 17.2 Å². The molecule has 2 amide bonds. The fourth-order valence-electron chi connectivity index (χ4n) is 2.64. The van der Waals surface area contributed by atoms with Crippen LogP contribution in [0.2, 0.25) is 0 Å². The van der Waals surface area contributed by atoms with Gasteiger partial charge in [0, 0.05) is 30.3 Å². The third-order valence-electron chi connectivity index (χ3n) is 3.81. The lowest BCUT2D eigenvalue weighted by Gasteiger charge is -2.27. The maximum absolute atomic E-state index is 12.4. The Hall–Kier alpha value is -1.88. The Balaban J connectivity index is 2.07. The molecule has 5 nitrogen and oxygen atoms in total. The number of aryl methyl sites for hydroxylation is 1. The van der Waals surface area contributed by atoms with Gasteiger partial charge in [-0.1, -0.05) is 6.07 Å². The van der Waals surface area contributed by atoms with Crippen LogP contribution in [-0.2, 0) is 9.59 Å². The second kappa shape index (κ2) is 6.72. The van der Waals surface area contributed by atoms with E-state index in [2.05, 4.69) is 22.9 Å². The zero-order chi connectivity index (χ0) is 15.4. The number of anilines is 2. The molecule has 1 heterocycles. The van der Waals surface area contributed by atoms with E-state index in [9.17, 15) is 9.59 Å². The summed E-state index contributed by atoms with van der Waals surface area (Å²) >= 11 is 0. The van der Waals surface area contributed by atoms with Gasteiger partial charge in [-0.05, 0) is 50.9 Å². The molecule has 0 aliphatic carbocycles. The van der Waals surface area contributed by atoms with E-state index >= 15 is 0 Å². The Kier molecular flexibility index (Phi) is 4.96. The molecule has 0 radical (unpaired) electrons. The summed E-state index contributed by atoms with van der Waals surface area (Å²) in [6, 6.07) is 5.91. The van der Waals surface area contributed by atoms with Gasteiger partial charge < -0.3 is 16.0 Å². The lowest BCUT2D eigenvalue weighted by molar-refractivity contribution is -0.121. The minimum atomic E-state index is -0.122. The Morgan fingerprint density at radius 3 is 2.71 bits per heavy atom. The van der Waals surface area contributed by atoms with Crippen molar-refractivity contribution in [1.82, 2.24) is 5.32 Å². The molecule has 1 aliphatic rings. The summed E-state index contributed by atoms with van der Waals surface area (Å²) < 4.78 is 0. The van der Waals surface area contributed by atoms with Crippen molar-refractivity contribution in [3.8, 4) is 0 Å². The number of amides is 2. The molecule has 2 rings (SSSR count). The summed E-state index contributed by atoms with van der Waals surface area (Å²) in [6.07, 6.45) is 1.72. The highest BCUT2D eigenvalue weighted by molar-refractivity contribution is 5.95. The predicted octanol–water partition coefficient (Wildman–Crippen LogP) is 2.28. The molecule has 1 aliphatic heterocycles. The molecule has 3 N–H and O–H groups in total. The maximum atomic E-state index is 12.4. The molecule has 1 saturated heterocycles. The van der Waals surface area contributed by atoms with E-state index in [1.54, 1.807) is 6.07 Å². The van der Waals surface area contributed by atoms with Gasteiger partial charge in [0.15, 0.2) is 0 Å². The summed E-state index contributed by atoms with van der Waals surface area (Å²) in [5.41, 5.74) is 2.44. The molecule has 114 valence electrons. The highest BCUT2D eigenvalue weighted by Crippen LogP contribution is 2.23. The number of piperidine rings is 1. The van der Waals surface area contributed by atoms with Gasteiger partial charge in [0.1, 0.15) is 0 Å². The van der Waals surface area contributed by atoms with Gasteiger partial charge >= 0.3 is 0 Å². The van der Waals surface area contributed by atoms with E-state index in [1.165, 1.54) is 6.92 Å². The molecule has 1 aromatic carbocycles. The van der Waals surface area contributed by atoms with Crippen LogP contribution in [0.25, 0.3) is 0 Å². The molecule has 0 saturated carbocycles. The van der Waals surface area contributed by atoms with Crippen molar-refractivity contribution < 1.29 is 9.59 Å². The van der Waals surface area contributed by atoms with Crippen LogP contribution in [0.4, 0.5) is 11.4 Å². The molecular formula is C16H23N3O2. The lowest BCUT2D eigenvalue weighted by atomic mass is 9.92. The normalized spacial score (nSPS) is 21.7. The second-order valence-electron chi connectivity index (χ2n) is 5.78. The molecule has 0 bridgehead atoms. The fraction of sp³-hybridized carbons (Fsp3) is 0.500. The first-order chi connectivity index (χ1) is 9.95. The number of carbonyl (C=O) groups is 2. The van der Waals surface area contributed by atoms with Gasteiger partial charge in [-0.3, -0.25) is 9.59 Å². The van der Waals surface area contributed by atoms with Crippen LogP contribution in [-0.4, -0.2) is 24.4 Å². The van der Waals surface area contributed by atoms with Crippen molar-refractivity contribution >= 4 is 23.2 Å². The largest absolute Gasteiger partial charge is 0.326 e. The van der Waals surface area contributed by atoms with Crippen molar-refractivity contribution in [1.29, 1.82) is 0 Å². The molecule has 2 unspecified atom stereocenters. The molecule has 1 fully saturated rings. The summed E-state index contributed by atoms with van der Waals surface area (Å²) in [5, 5.41) is 9.07. The number of benzene rings is 1. The highest BCUT2D eigenvalue weighted by atomic mass is 16.2. The Morgan fingerprint density at radius 2 is 2.05 bits per heavy atom. The van der Waals surface area contributed by atoms with E-state index in [4.69, 9.17) is 0 Å². The molecule has 5 heteroatoms. The molecule has 21 heavy (non-hydrogen) atoms. The van der Waals surface area contributed by atoms with Gasteiger partial charge in [0.25, 0.3) is 0 Å². The van der Waals surface area contributed by atoms with Crippen molar-refractivity contribution in [2.45, 2.75) is 39.7 Å². The SMILES string of the molecule is CC(=O)Nc1ccc(C)c(NC(=O)C2CCNC(C)C2)c1. The standard InChI is InChI=1S/C16H23N3O2/c1-10-4-5-14(18-12(3)20)9-15(10)19-16(21)13-6-7-17-11(2)8-13/h4-5,9,11,13,17H,6-8H2,1-3H3,(H,18,20)(H,19,21). The molecular weight excluding hydrogens is 266 g/mol. The first kappa shape index (κ1) is 15.5. The van der Waals surface area contributed by atoms with Crippen LogP contribution in [0.15, 0.2) is 18.2 Å². The van der Waals surface area contributed by atoms with Crippen LogP contribution in [0.1, 0.15) is 32.3 Å².